The molecule has 1 aliphatic heterocycles. The summed E-state index contributed by atoms with van der Waals surface area (Å²) in [5.41, 5.74) is 2.52. The number of carbonyl (C=O) groups excluding carboxylic acids is 1. The van der Waals surface area contributed by atoms with Crippen LogP contribution in [0.5, 0.6) is 0 Å². The largest absolute Gasteiger partial charge is 0.335 e. The van der Waals surface area contributed by atoms with Crippen molar-refractivity contribution in [3.8, 4) is 0 Å². The number of fused-ring (bicyclic) bond motifs is 1. The van der Waals surface area contributed by atoms with Crippen LogP contribution in [-0.2, 0) is 6.54 Å². The van der Waals surface area contributed by atoms with E-state index >= 15 is 0 Å². The summed E-state index contributed by atoms with van der Waals surface area (Å²) < 4.78 is 1.88. The lowest BCUT2D eigenvalue weighted by Gasteiger charge is -2.34. The van der Waals surface area contributed by atoms with E-state index in [4.69, 9.17) is 0 Å². The summed E-state index contributed by atoms with van der Waals surface area (Å²) in [5, 5.41) is 0. The van der Waals surface area contributed by atoms with Crippen molar-refractivity contribution in [1.82, 2.24) is 24.2 Å². The van der Waals surface area contributed by atoms with Gasteiger partial charge in [0.2, 0.25) is 0 Å². The average molecular weight is 321 g/mol. The Bertz CT molecular complexity index is 804. The highest BCUT2D eigenvalue weighted by molar-refractivity contribution is 5.93. The van der Waals surface area contributed by atoms with Crippen molar-refractivity contribution < 1.29 is 4.79 Å². The molecule has 0 aromatic carbocycles. The van der Waals surface area contributed by atoms with Crippen LogP contribution in [-0.4, -0.2) is 56.3 Å². The van der Waals surface area contributed by atoms with Crippen LogP contribution in [0.15, 0.2) is 55.1 Å². The molecule has 6 heteroatoms. The average Bonchev–Trinajstić information content (AvgIpc) is 3.07. The third-order valence-electron chi connectivity index (χ3n) is 4.37. The quantitative estimate of drug-likeness (QED) is 0.737. The van der Waals surface area contributed by atoms with E-state index in [9.17, 15) is 4.79 Å². The fraction of sp³-hybridized carbons (Fsp3) is 0.278. The van der Waals surface area contributed by atoms with Crippen LogP contribution in [0.3, 0.4) is 0 Å². The molecule has 0 atom stereocenters. The second kappa shape index (κ2) is 6.41. The first kappa shape index (κ1) is 14.8. The fourth-order valence-electron chi connectivity index (χ4n) is 3.06. The second-order valence-electron chi connectivity index (χ2n) is 6.02. The molecular weight excluding hydrogens is 302 g/mol. The number of pyridine rings is 2. The van der Waals surface area contributed by atoms with Crippen molar-refractivity contribution in [3.05, 3.63) is 66.4 Å². The number of piperazine rings is 1. The first-order chi connectivity index (χ1) is 11.8. The molecule has 4 rings (SSSR count). The zero-order chi connectivity index (χ0) is 16.4. The SMILES string of the molecule is O=C(c1cn2ccccc2n1)N1CCN(Cc2cccnc2)CC1. The predicted octanol–water partition coefficient (Wildman–Crippen LogP) is 1.69. The summed E-state index contributed by atoms with van der Waals surface area (Å²) in [6.07, 6.45) is 7.40. The van der Waals surface area contributed by atoms with E-state index in [1.54, 1.807) is 12.4 Å². The fourth-order valence-corrected chi connectivity index (χ4v) is 3.06. The number of carbonyl (C=O) groups is 1. The first-order valence-electron chi connectivity index (χ1n) is 8.14. The standard InChI is InChI=1S/C18H19N5O/c24-18(16-14-23-7-2-1-5-17(23)20-16)22-10-8-21(9-11-22)13-15-4-3-6-19-12-15/h1-7,12,14H,8-11,13H2. The minimum atomic E-state index is 0.0136. The number of aromatic nitrogens is 3. The summed E-state index contributed by atoms with van der Waals surface area (Å²) in [6.45, 7) is 4.08. The Kier molecular flexibility index (Phi) is 3.96. The van der Waals surface area contributed by atoms with Gasteiger partial charge in [0.25, 0.3) is 5.91 Å². The number of imidazole rings is 1. The molecule has 24 heavy (non-hydrogen) atoms. The van der Waals surface area contributed by atoms with Crippen LogP contribution in [0.25, 0.3) is 5.65 Å². The maximum atomic E-state index is 12.7. The molecule has 0 radical (unpaired) electrons. The Balaban J connectivity index is 1.39. The Morgan fingerprint density at radius 1 is 1.08 bits per heavy atom. The lowest BCUT2D eigenvalue weighted by molar-refractivity contribution is 0.0623. The monoisotopic (exact) mass is 321 g/mol. The molecule has 0 bridgehead atoms. The molecule has 1 fully saturated rings. The number of rotatable bonds is 3. The van der Waals surface area contributed by atoms with Gasteiger partial charge in [0.15, 0.2) is 0 Å². The summed E-state index contributed by atoms with van der Waals surface area (Å²) in [7, 11) is 0. The van der Waals surface area contributed by atoms with Crippen molar-refractivity contribution in [2.75, 3.05) is 26.2 Å². The van der Waals surface area contributed by atoms with Gasteiger partial charge in [0, 0.05) is 57.5 Å². The van der Waals surface area contributed by atoms with Gasteiger partial charge < -0.3 is 9.30 Å². The Hall–Kier alpha value is -2.73. The van der Waals surface area contributed by atoms with Crippen LogP contribution in [0.1, 0.15) is 16.1 Å². The van der Waals surface area contributed by atoms with Gasteiger partial charge in [0.1, 0.15) is 11.3 Å². The van der Waals surface area contributed by atoms with Gasteiger partial charge in [-0.1, -0.05) is 12.1 Å². The molecule has 3 aromatic rings. The van der Waals surface area contributed by atoms with Gasteiger partial charge in [-0.25, -0.2) is 4.98 Å². The molecule has 122 valence electrons. The van der Waals surface area contributed by atoms with Gasteiger partial charge in [-0.3, -0.25) is 14.7 Å². The third-order valence-corrected chi connectivity index (χ3v) is 4.37. The molecular formula is C18H19N5O. The lowest BCUT2D eigenvalue weighted by Crippen LogP contribution is -2.48. The predicted molar refractivity (Wildman–Crippen MR) is 90.6 cm³/mol. The summed E-state index contributed by atoms with van der Waals surface area (Å²) in [5.74, 6) is 0.0136. The minimum Gasteiger partial charge on any atom is -0.335 e. The molecule has 0 aliphatic carbocycles. The molecule has 1 amide bonds. The number of hydrogen-bond acceptors (Lipinski definition) is 4. The second-order valence-corrected chi connectivity index (χ2v) is 6.02. The van der Waals surface area contributed by atoms with E-state index in [1.807, 2.05) is 46.0 Å². The molecule has 6 nitrogen and oxygen atoms in total. The normalized spacial score (nSPS) is 15.8. The van der Waals surface area contributed by atoms with Crippen molar-refractivity contribution >= 4 is 11.6 Å². The van der Waals surface area contributed by atoms with Crippen LogP contribution in [0.4, 0.5) is 0 Å². The zero-order valence-electron chi connectivity index (χ0n) is 13.4. The summed E-state index contributed by atoms with van der Waals surface area (Å²) >= 11 is 0. The number of hydrogen-bond donors (Lipinski definition) is 0. The van der Waals surface area contributed by atoms with Gasteiger partial charge >= 0.3 is 0 Å². The van der Waals surface area contributed by atoms with Crippen molar-refractivity contribution in [2.45, 2.75) is 6.54 Å². The number of amides is 1. The van der Waals surface area contributed by atoms with E-state index in [1.165, 1.54) is 5.56 Å². The molecule has 0 spiro atoms. The van der Waals surface area contributed by atoms with Gasteiger partial charge in [0.05, 0.1) is 0 Å². The maximum absolute atomic E-state index is 12.7. The van der Waals surface area contributed by atoms with E-state index in [0.717, 1.165) is 38.4 Å². The van der Waals surface area contributed by atoms with E-state index in [-0.39, 0.29) is 5.91 Å². The third kappa shape index (κ3) is 3.00. The first-order valence-corrected chi connectivity index (χ1v) is 8.14. The van der Waals surface area contributed by atoms with E-state index < -0.39 is 0 Å². The van der Waals surface area contributed by atoms with Crippen LogP contribution >= 0.6 is 0 Å². The topological polar surface area (TPSA) is 53.7 Å². The van der Waals surface area contributed by atoms with Gasteiger partial charge in [-0.2, -0.15) is 0 Å². The molecule has 3 aromatic heterocycles. The van der Waals surface area contributed by atoms with E-state index in [0.29, 0.717) is 5.69 Å². The van der Waals surface area contributed by atoms with Crippen LogP contribution < -0.4 is 0 Å². The smallest absolute Gasteiger partial charge is 0.274 e. The molecule has 0 unspecified atom stereocenters. The van der Waals surface area contributed by atoms with Crippen LogP contribution in [0, 0.1) is 0 Å². The molecule has 0 saturated carbocycles. The highest BCUT2D eigenvalue weighted by atomic mass is 16.2. The van der Waals surface area contributed by atoms with Crippen molar-refractivity contribution in [1.29, 1.82) is 0 Å². The molecule has 1 aliphatic rings. The van der Waals surface area contributed by atoms with Gasteiger partial charge in [-0.15, -0.1) is 0 Å². The Labute approximate surface area is 140 Å². The highest BCUT2D eigenvalue weighted by Crippen LogP contribution is 2.12. The molecule has 0 N–H and O–H groups in total. The van der Waals surface area contributed by atoms with Crippen molar-refractivity contribution in [3.63, 3.8) is 0 Å². The number of nitrogens with zero attached hydrogens (tertiary/aromatic N) is 5. The molecule has 1 saturated heterocycles. The summed E-state index contributed by atoms with van der Waals surface area (Å²) in [6, 6.07) is 9.80. The lowest BCUT2D eigenvalue weighted by atomic mass is 10.2. The summed E-state index contributed by atoms with van der Waals surface area (Å²) in [4.78, 5) is 25.5. The Morgan fingerprint density at radius 3 is 2.71 bits per heavy atom. The van der Waals surface area contributed by atoms with Crippen molar-refractivity contribution in [2.24, 2.45) is 0 Å². The maximum Gasteiger partial charge on any atom is 0.274 e. The molecule has 4 heterocycles. The zero-order valence-corrected chi connectivity index (χ0v) is 13.4. The highest BCUT2D eigenvalue weighted by Gasteiger charge is 2.23. The minimum absolute atomic E-state index is 0.0136. The van der Waals surface area contributed by atoms with Gasteiger partial charge in [-0.05, 0) is 23.8 Å². The Morgan fingerprint density at radius 2 is 1.96 bits per heavy atom. The van der Waals surface area contributed by atoms with E-state index in [2.05, 4.69) is 20.9 Å². The van der Waals surface area contributed by atoms with Crippen LogP contribution in [0.2, 0.25) is 0 Å².